The van der Waals surface area contributed by atoms with Crippen molar-refractivity contribution >= 4 is 17.3 Å². The van der Waals surface area contributed by atoms with Crippen molar-refractivity contribution < 1.29 is 22.0 Å². The van der Waals surface area contributed by atoms with E-state index >= 15 is 0 Å². The molecule has 12 heteroatoms. The van der Waals surface area contributed by atoms with Gasteiger partial charge in [-0.1, -0.05) is 6.07 Å². The van der Waals surface area contributed by atoms with Gasteiger partial charge in [0.25, 0.3) is 0 Å². The van der Waals surface area contributed by atoms with Crippen molar-refractivity contribution in [3.05, 3.63) is 54.0 Å². The molecule has 0 aliphatic heterocycles. The van der Waals surface area contributed by atoms with Gasteiger partial charge in [-0.3, -0.25) is 4.68 Å². The molecule has 4 rings (SSSR count). The highest BCUT2D eigenvalue weighted by Gasteiger charge is 2.36. The maximum absolute atomic E-state index is 14.2. The molecule has 3 aromatic heterocycles. The third-order valence-electron chi connectivity index (χ3n) is 3.82. The molecule has 0 atom stereocenters. The standard InChI is InChI=1S/C16H10F5N7/c1-27-7-8(5-22-27)24-15-26-13(12-10(17)3-2-4-11(12)18)25-14-9(16(19,20)21)6-23-28(14)15/h2-7H,1H3,(H,24,25,26). The molecule has 3 heterocycles. The van der Waals surface area contributed by atoms with E-state index < -0.39 is 40.4 Å². The second-order valence-electron chi connectivity index (χ2n) is 5.79. The van der Waals surface area contributed by atoms with Gasteiger partial charge in [-0.15, -0.1) is 0 Å². The fraction of sp³-hybridized carbons (Fsp3) is 0.125. The van der Waals surface area contributed by atoms with Crippen LogP contribution in [0.5, 0.6) is 0 Å². The van der Waals surface area contributed by atoms with Crippen molar-refractivity contribution in [2.45, 2.75) is 6.18 Å². The third-order valence-corrected chi connectivity index (χ3v) is 3.82. The summed E-state index contributed by atoms with van der Waals surface area (Å²) >= 11 is 0. The Morgan fingerprint density at radius 3 is 2.32 bits per heavy atom. The Morgan fingerprint density at radius 2 is 1.71 bits per heavy atom. The molecule has 0 radical (unpaired) electrons. The van der Waals surface area contributed by atoms with E-state index in [1.165, 1.54) is 17.1 Å². The first kappa shape index (κ1) is 17.8. The highest BCUT2D eigenvalue weighted by atomic mass is 19.4. The van der Waals surface area contributed by atoms with Crippen LogP contribution in [0.3, 0.4) is 0 Å². The molecular formula is C16H10F5N7. The summed E-state index contributed by atoms with van der Waals surface area (Å²) in [6, 6.07) is 3.05. The molecular weight excluding hydrogens is 385 g/mol. The van der Waals surface area contributed by atoms with Crippen LogP contribution in [0, 0.1) is 11.6 Å². The van der Waals surface area contributed by atoms with Gasteiger partial charge in [-0.25, -0.2) is 13.8 Å². The lowest BCUT2D eigenvalue weighted by molar-refractivity contribution is -0.136. The van der Waals surface area contributed by atoms with Crippen molar-refractivity contribution in [2.75, 3.05) is 5.32 Å². The number of hydrogen-bond donors (Lipinski definition) is 1. The zero-order chi connectivity index (χ0) is 20.1. The summed E-state index contributed by atoms with van der Waals surface area (Å²) in [5, 5.41) is 10.3. The van der Waals surface area contributed by atoms with E-state index in [-0.39, 0.29) is 5.95 Å². The number of hydrogen-bond acceptors (Lipinski definition) is 5. The number of benzene rings is 1. The minimum Gasteiger partial charge on any atom is -0.321 e. The molecule has 0 aliphatic carbocycles. The number of nitrogens with one attached hydrogen (secondary N) is 1. The molecule has 0 fully saturated rings. The zero-order valence-corrected chi connectivity index (χ0v) is 14.0. The van der Waals surface area contributed by atoms with Gasteiger partial charge in [0.1, 0.15) is 17.2 Å². The maximum Gasteiger partial charge on any atom is 0.421 e. The van der Waals surface area contributed by atoms with Crippen LogP contribution in [0.2, 0.25) is 0 Å². The Hall–Kier alpha value is -3.57. The number of halogens is 5. The quantitative estimate of drug-likeness (QED) is 0.537. The monoisotopic (exact) mass is 395 g/mol. The average molecular weight is 395 g/mol. The van der Waals surface area contributed by atoms with Crippen molar-refractivity contribution in [2.24, 2.45) is 7.05 Å². The number of alkyl halides is 3. The molecule has 144 valence electrons. The molecule has 1 aromatic carbocycles. The first-order valence-electron chi connectivity index (χ1n) is 7.77. The number of nitrogens with zero attached hydrogens (tertiary/aromatic N) is 6. The van der Waals surface area contributed by atoms with Crippen LogP contribution in [-0.4, -0.2) is 29.4 Å². The molecule has 0 saturated carbocycles. The minimum atomic E-state index is -4.77. The topological polar surface area (TPSA) is 72.9 Å². The fourth-order valence-electron chi connectivity index (χ4n) is 2.60. The predicted molar refractivity (Wildman–Crippen MR) is 87.6 cm³/mol. The normalized spacial score (nSPS) is 11.9. The smallest absolute Gasteiger partial charge is 0.321 e. The summed E-state index contributed by atoms with van der Waals surface area (Å²) in [6.07, 6.45) is -1.27. The highest BCUT2D eigenvalue weighted by molar-refractivity contribution is 5.65. The summed E-state index contributed by atoms with van der Waals surface area (Å²) in [4.78, 5) is 7.72. The van der Waals surface area contributed by atoms with Gasteiger partial charge in [0.2, 0.25) is 5.95 Å². The van der Waals surface area contributed by atoms with Gasteiger partial charge in [-0.05, 0) is 12.1 Å². The van der Waals surface area contributed by atoms with Crippen LogP contribution in [0.25, 0.3) is 17.0 Å². The van der Waals surface area contributed by atoms with Gasteiger partial charge in [-0.2, -0.15) is 32.9 Å². The van der Waals surface area contributed by atoms with Crippen molar-refractivity contribution in [1.82, 2.24) is 29.4 Å². The summed E-state index contributed by atoms with van der Waals surface area (Å²) in [5.41, 5.74) is -2.08. The Morgan fingerprint density at radius 1 is 1.00 bits per heavy atom. The summed E-state index contributed by atoms with van der Waals surface area (Å²) in [5.74, 6) is -2.79. The van der Waals surface area contributed by atoms with Gasteiger partial charge < -0.3 is 5.32 Å². The van der Waals surface area contributed by atoms with E-state index in [0.29, 0.717) is 11.9 Å². The average Bonchev–Trinajstić information content (AvgIpc) is 3.20. The largest absolute Gasteiger partial charge is 0.421 e. The zero-order valence-electron chi connectivity index (χ0n) is 14.0. The molecule has 1 N–H and O–H groups in total. The lowest BCUT2D eigenvalue weighted by Gasteiger charge is -2.10. The molecule has 4 aromatic rings. The van der Waals surface area contributed by atoms with Gasteiger partial charge >= 0.3 is 6.18 Å². The molecule has 7 nitrogen and oxygen atoms in total. The second-order valence-corrected chi connectivity index (χ2v) is 5.79. The Bertz CT molecular complexity index is 1160. The van der Waals surface area contributed by atoms with Crippen LogP contribution in [0.15, 0.2) is 36.8 Å². The molecule has 0 bridgehead atoms. The van der Waals surface area contributed by atoms with Crippen LogP contribution in [0.4, 0.5) is 33.6 Å². The van der Waals surface area contributed by atoms with Crippen LogP contribution >= 0.6 is 0 Å². The number of anilines is 2. The van der Waals surface area contributed by atoms with E-state index in [4.69, 9.17) is 0 Å². The van der Waals surface area contributed by atoms with Gasteiger partial charge in [0.05, 0.1) is 23.6 Å². The summed E-state index contributed by atoms with van der Waals surface area (Å²) < 4.78 is 70.5. The van der Waals surface area contributed by atoms with E-state index in [0.717, 1.165) is 22.7 Å². The molecule has 0 unspecified atom stereocenters. The molecule has 0 saturated heterocycles. The first-order valence-corrected chi connectivity index (χ1v) is 7.77. The summed E-state index contributed by atoms with van der Waals surface area (Å²) in [7, 11) is 1.64. The minimum absolute atomic E-state index is 0.217. The van der Waals surface area contributed by atoms with E-state index in [1.54, 1.807) is 7.05 Å². The molecule has 0 spiro atoms. The van der Waals surface area contributed by atoms with Crippen molar-refractivity contribution in [3.8, 4) is 11.4 Å². The Labute approximate surface area is 153 Å². The van der Waals surface area contributed by atoms with Crippen LogP contribution < -0.4 is 5.32 Å². The number of rotatable bonds is 3. The van der Waals surface area contributed by atoms with Gasteiger partial charge in [0, 0.05) is 13.2 Å². The molecule has 0 aliphatic rings. The SMILES string of the molecule is Cn1cc(Nc2nc(-c3c(F)cccc3F)nc3c(C(F)(F)F)cnn23)cn1. The summed E-state index contributed by atoms with van der Waals surface area (Å²) in [6.45, 7) is 0. The number of fused-ring (bicyclic) bond motifs is 1. The van der Waals surface area contributed by atoms with Crippen LogP contribution in [-0.2, 0) is 13.2 Å². The first-order chi connectivity index (χ1) is 13.2. The predicted octanol–water partition coefficient (Wildman–Crippen LogP) is 3.57. The molecule has 0 amide bonds. The second kappa shape index (κ2) is 6.25. The Kier molecular flexibility index (Phi) is 3.98. The van der Waals surface area contributed by atoms with Crippen molar-refractivity contribution in [1.29, 1.82) is 0 Å². The van der Waals surface area contributed by atoms with E-state index in [2.05, 4.69) is 25.5 Å². The maximum atomic E-state index is 14.2. The number of aryl methyl sites for hydroxylation is 1. The van der Waals surface area contributed by atoms with E-state index in [9.17, 15) is 22.0 Å². The van der Waals surface area contributed by atoms with Gasteiger partial charge in [0.15, 0.2) is 11.5 Å². The third kappa shape index (κ3) is 3.02. The fourth-order valence-corrected chi connectivity index (χ4v) is 2.60. The van der Waals surface area contributed by atoms with Crippen LogP contribution in [0.1, 0.15) is 5.56 Å². The molecule has 28 heavy (non-hydrogen) atoms. The Balaban J connectivity index is 1.98. The lowest BCUT2D eigenvalue weighted by Crippen LogP contribution is -2.10. The number of aromatic nitrogens is 6. The lowest BCUT2D eigenvalue weighted by atomic mass is 10.2. The van der Waals surface area contributed by atoms with E-state index in [1.807, 2.05) is 0 Å². The van der Waals surface area contributed by atoms with Crippen molar-refractivity contribution in [3.63, 3.8) is 0 Å². The highest BCUT2D eigenvalue weighted by Crippen LogP contribution is 2.34.